The molecule has 8 heteroatoms. The monoisotopic (exact) mass is 353 g/mol. The van der Waals surface area contributed by atoms with Crippen molar-refractivity contribution in [3.63, 3.8) is 0 Å². The average molecular weight is 353 g/mol. The van der Waals surface area contributed by atoms with Gasteiger partial charge in [0.05, 0.1) is 18.0 Å². The predicted octanol–water partition coefficient (Wildman–Crippen LogP) is 2.96. The zero-order chi connectivity index (χ0) is 18.0. The number of hydrogen-bond acceptors (Lipinski definition) is 3. The minimum atomic E-state index is -0.896. The van der Waals surface area contributed by atoms with E-state index in [0.29, 0.717) is 25.8 Å². The fraction of sp³-hybridized carbons (Fsp3) is 0.529. The van der Waals surface area contributed by atoms with Gasteiger partial charge in [0.25, 0.3) is 0 Å². The zero-order valence-electron chi connectivity index (χ0n) is 14.0. The molecule has 1 aromatic rings. The van der Waals surface area contributed by atoms with Crippen molar-refractivity contribution in [2.45, 2.75) is 32.2 Å². The van der Waals surface area contributed by atoms with Gasteiger partial charge in [-0.05, 0) is 25.3 Å². The maximum atomic E-state index is 14.0. The van der Waals surface area contributed by atoms with E-state index in [1.165, 1.54) is 6.92 Å². The number of rotatable bonds is 5. The molecule has 1 aromatic carbocycles. The summed E-state index contributed by atoms with van der Waals surface area (Å²) in [4.78, 5) is 25.4. The molecule has 25 heavy (non-hydrogen) atoms. The van der Waals surface area contributed by atoms with Crippen LogP contribution >= 0.6 is 0 Å². The summed E-state index contributed by atoms with van der Waals surface area (Å²) < 4.78 is 33.1. The van der Waals surface area contributed by atoms with E-state index < -0.39 is 23.6 Å². The minimum absolute atomic E-state index is 0.152. The van der Waals surface area contributed by atoms with Crippen LogP contribution in [0.2, 0.25) is 0 Å². The van der Waals surface area contributed by atoms with E-state index in [1.807, 2.05) is 0 Å². The molecule has 2 aliphatic rings. The van der Waals surface area contributed by atoms with Gasteiger partial charge in [-0.3, -0.25) is 4.79 Å². The van der Waals surface area contributed by atoms with Crippen LogP contribution in [0.5, 0.6) is 0 Å². The Morgan fingerprint density at radius 1 is 1.16 bits per heavy atom. The molecule has 3 amide bonds. The normalized spacial score (nSPS) is 19.6. The molecule has 0 spiro atoms. The Labute approximate surface area is 144 Å². The number of nitrogens with zero attached hydrogens (tertiary/aromatic N) is 1. The van der Waals surface area contributed by atoms with Crippen LogP contribution in [0.15, 0.2) is 12.1 Å². The first-order valence-corrected chi connectivity index (χ1v) is 8.36. The van der Waals surface area contributed by atoms with E-state index >= 15 is 0 Å². The number of nitrogens with one attached hydrogen (secondary N) is 2. The van der Waals surface area contributed by atoms with E-state index in [9.17, 15) is 18.4 Å². The van der Waals surface area contributed by atoms with Gasteiger partial charge >= 0.3 is 6.03 Å². The summed E-state index contributed by atoms with van der Waals surface area (Å²) in [7, 11) is 0. The molecule has 0 bridgehead atoms. The number of ether oxygens (including phenoxy) is 1. The maximum absolute atomic E-state index is 14.0. The van der Waals surface area contributed by atoms with Crippen LogP contribution in [-0.2, 0) is 9.53 Å². The number of urea groups is 1. The molecule has 1 heterocycles. The van der Waals surface area contributed by atoms with Crippen LogP contribution in [0.1, 0.15) is 26.2 Å². The standard InChI is InChI=1S/C17H21F2N3O3/c1-10(23)20-15-7-16(14(19)6-13(15)18)21-17(24)22(12-2-3-12)8-11-4-5-25-9-11/h6-7,11-12H,2-5,8-9H2,1H3,(H,20,23)(H,21,24)/t11-/m1/s1. The highest BCUT2D eigenvalue weighted by Crippen LogP contribution is 2.30. The molecule has 1 aliphatic carbocycles. The molecule has 0 radical (unpaired) electrons. The Morgan fingerprint density at radius 3 is 2.40 bits per heavy atom. The lowest BCUT2D eigenvalue weighted by Crippen LogP contribution is -2.40. The predicted molar refractivity (Wildman–Crippen MR) is 88.3 cm³/mol. The van der Waals surface area contributed by atoms with Crippen molar-refractivity contribution in [3.8, 4) is 0 Å². The number of carbonyl (C=O) groups is 2. The molecular weight excluding hydrogens is 332 g/mol. The Balaban J connectivity index is 1.72. The lowest BCUT2D eigenvalue weighted by Gasteiger charge is -2.25. The Hall–Kier alpha value is -2.22. The third-order valence-electron chi connectivity index (χ3n) is 4.34. The third-order valence-corrected chi connectivity index (χ3v) is 4.34. The largest absolute Gasteiger partial charge is 0.381 e. The highest BCUT2D eigenvalue weighted by atomic mass is 19.1. The second-order valence-electron chi connectivity index (χ2n) is 6.54. The first kappa shape index (κ1) is 17.6. The highest BCUT2D eigenvalue weighted by Gasteiger charge is 2.35. The lowest BCUT2D eigenvalue weighted by molar-refractivity contribution is -0.114. The number of hydrogen-bond donors (Lipinski definition) is 2. The molecular formula is C17H21F2N3O3. The quantitative estimate of drug-likeness (QED) is 0.855. The van der Waals surface area contributed by atoms with Gasteiger partial charge in [-0.15, -0.1) is 0 Å². The number of halogens is 2. The van der Waals surface area contributed by atoms with Crippen molar-refractivity contribution < 1.29 is 23.1 Å². The number of benzene rings is 1. The molecule has 136 valence electrons. The van der Waals surface area contributed by atoms with Gasteiger partial charge in [0.1, 0.15) is 11.6 Å². The zero-order valence-corrected chi connectivity index (χ0v) is 14.0. The van der Waals surface area contributed by atoms with Gasteiger partial charge in [-0.2, -0.15) is 0 Å². The van der Waals surface area contributed by atoms with Crippen LogP contribution in [0.3, 0.4) is 0 Å². The number of carbonyl (C=O) groups excluding carboxylic acids is 2. The van der Waals surface area contributed by atoms with Gasteiger partial charge in [0.15, 0.2) is 0 Å². The summed E-state index contributed by atoms with van der Waals surface area (Å²) in [6.07, 6.45) is 2.74. The Morgan fingerprint density at radius 2 is 1.84 bits per heavy atom. The topological polar surface area (TPSA) is 70.7 Å². The van der Waals surface area contributed by atoms with Crippen LogP contribution in [0.25, 0.3) is 0 Å². The molecule has 3 rings (SSSR count). The van der Waals surface area contributed by atoms with E-state index in [4.69, 9.17) is 4.74 Å². The summed E-state index contributed by atoms with van der Waals surface area (Å²) >= 11 is 0. The van der Waals surface area contributed by atoms with Crippen molar-refractivity contribution in [2.24, 2.45) is 5.92 Å². The smallest absolute Gasteiger partial charge is 0.322 e. The lowest BCUT2D eigenvalue weighted by atomic mass is 10.1. The summed E-state index contributed by atoms with van der Waals surface area (Å²) in [5.41, 5.74) is -0.338. The summed E-state index contributed by atoms with van der Waals surface area (Å²) in [6.45, 7) is 3.09. The fourth-order valence-corrected chi connectivity index (χ4v) is 2.91. The molecule has 1 atom stereocenters. The van der Waals surface area contributed by atoms with Gasteiger partial charge in [-0.25, -0.2) is 13.6 Å². The molecule has 1 saturated carbocycles. The van der Waals surface area contributed by atoms with E-state index in [-0.39, 0.29) is 23.3 Å². The SMILES string of the molecule is CC(=O)Nc1cc(NC(=O)N(C[C@H]2CCOC2)C2CC2)c(F)cc1F. The Kier molecular flexibility index (Phi) is 5.17. The molecule has 1 aliphatic heterocycles. The molecule has 6 nitrogen and oxygen atoms in total. The second-order valence-corrected chi connectivity index (χ2v) is 6.54. The van der Waals surface area contributed by atoms with Gasteiger partial charge in [-0.1, -0.05) is 0 Å². The van der Waals surface area contributed by atoms with E-state index in [1.54, 1.807) is 4.90 Å². The van der Waals surface area contributed by atoms with E-state index in [2.05, 4.69) is 10.6 Å². The van der Waals surface area contributed by atoms with Crippen LogP contribution in [0, 0.1) is 17.6 Å². The van der Waals surface area contributed by atoms with Crippen LogP contribution < -0.4 is 10.6 Å². The van der Waals surface area contributed by atoms with Gasteiger partial charge < -0.3 is 20.3 Å². The van der Waals surface area contributed by atoms with Crippen molar-refractivity contribution in [3.05, 3.63) is 23.8 Å². The van der Waals surface area contributed by atoms with Crippen molar-refractivity contribution in [1.29, 1.82) is 0 Å². The molecule has 0 unspecified atom stereocenters. The highest BCUT2D eigenvalue weighted by molar-refractivity contribution is 5.93. The summed E-state index contributed by atoms with van der Waals surface area (Å²) in [5, 5.41) is 4.77. The summed E-state index contributed by atoms with van der Waals surface area (Å²) in [5.74, 6) is -1.99. The molecule has 0 aromatic heterocycles. The van der Waals surface area contributed by atoms with Gasteiger partial charge in [0, 0.05) is 38.1 Å². The van der Waals surface area contributed by atoms with Crippen molar-refractivity contribution in [2.75, 3.05) is 30.4 Å². The molecule has 2 N–H and O–H groups in total. The number of anilines is 2. The summed E-state index contributed by atoms with van der Waals surface area (Å²) in [6, 6.07) is 1.47. The fourth-order valence-electron chi connectivity index (χ4n) is 2.91. The second kappa shape index (κ2) is 7.35. The first-order valence-electron chi connectivity index (χ1n) is 8.36. The van der Waals surface area contributed by atoms with Crippen molar-refractivity contribution in [1.82, 2.24) is 4.90 Å². The van der Waals surface area contributed by atoms with Crippen molar-refractivity contribution >= 4 is 23.3 Å². The van der Waals surface area contributed by atoms with Crippen LogP contribution in [-0.4, -0.2) is 42.6 Å². The third kappa shape index (κ3) is 4.45. The Bertz CT molecular complexity index is 673. The average Bonchev–Trinajstić information content (AvgIpc) is 3.25. The molecule has 1 saturated heterocycles. The number of amides is 3. The minimum Gasteiger partial charge on any atom is -0.381 e. The van der Waals surface area contributed by atoms with E-state index in [0.717, 1.165) is 25.3 Å². The first-order chi connectivity index (χ1) is 11.9. The molecule has 2 fully saturated rings. The van der Waals surface area contributed by atoms with Crippen LogP contribution in [0.4, 0.5) is 25.0 Å². The van der Waals surface area contributed by atoms with Gasteiger partial charge in [0.2, 0.25) is 5.91 Å². The maximum Gasteiger partial charge on any atom is 0.322 e.